The Hall–Kier alpha value is -1.50. The summed E-state index contributed by atoms with van der Waals surface area (Å²) in [5.74, 6) is 2.14. The highest BCUT2D eigenvalue weighted by Crippen LogP contribution is 2.32. The lowest BCUT2D eigenvalue weighted by atomic mass is 9.97. The van der Waals surface area contributed by atoms with Crippen molar-refractivity contribution in [2.75, 3.05) is 51.3 Å². The summed E-state index contributed by atoms with van der Waals surface area (Å²) < 4.78 is 11.1. The molecule has 2 aliphatic heterocycles. The van der Waals surface area contributed by atoms with Crippen LogP contribution < -0.4 is 20.1 Å². The molecule has 7 heteroatoms. The number of anilines is 1. The molecule has 6 nitrogen and oxygen atoms in total. The van der Waals surface area contributed by atoms with Crippen LogP contribution in [-0.2, 0) is 4.79 Å². The zero-order valence-electron chi connectivity index (χ0n) is 14.8. The molecule has 1 fully saturated rings. The molecule has 0 atom stereocenters. The van der Waals surface area contributed by atoms with Crippen molar-refractivity contribution in [2.45, 2.75) is 19.8 Å². The lowest BCUT2D eigenvalue weighted by Crippen LogP contribution is -2.39. The van der Waals surface area contributed by atoms with Gasteiger partial charge in [-0.15, -0.1) is 12.4 Å². The molecule has 25 heavy (non-hydrogen) atoms. The van der Waals surface area contributed by atoms with E-state index in [4.69, 9.17) is 9.47 Å². The van der Waals surface area contributed by atoms with E-state index >= 15 is 0 Å². The maximum atomic E-state index is 12.4. The van der Waals surface area contributed by atoms with Gasteiger partial charge in [0.2, 0.25) is 5.91 Å². The van der Waals surface area contributed by atoms with E-state index in [1.54, 1.807) is 0 Å². The fourth-order valence-corrected chi connectivity index (χ4v) is 3.26. The van der Waals surface area contributed by atoms with Crippen LogP contribution in [0.15, 0.2) is 18.2 Å². The Morgan fingerprint density at radius 2 is 1.96 bits per heavy atom. The van der Waals surface area contributed by atoms with Gasteiger partial charge in [-0.3, -0.25) is 9.69 Å². The third-order valence-electron chi connectivity index (χ3n) is 4.62. The van der Waals surface area contributed by atoms with Crippen LogP contribution in [0.2, 0.25) is 0 Å². The highest BCUT2D eigenvalue weighted by atomic mass is 35.5. The summed E-state index contributed by atoms with van der Waals surface area (Å²) in [5, 5.41) is 6.35. The van der Waals surface area contributed by atoms with Crippen molar-refractivity contribution in [3.63, 3.8) is 0 Å². The van der Waals surface area contributed by atoms with Crippen LogP contribution in [0.1, 0.15) is 19.8 Å². The molecule has 0 aromatic heterocycles. The van der Waals surface area contributed by atoms with Crippen LogP contribution in [-0.4, -0.2) is 56.7 Å². The number of piperidine rings is 1. The Bertz CT molecular complexity index is 564. The van der Waals surface area contributed by atoms with Crippen LogP contribution in [0.5, 0.6) is 11.5 Å². The van der Waals surface area contributed by atoms with Crippen molar-refractivity contribution in [3.05, 3.63) is 18.2 Å². The number of rotatable bonds is 6. The first-order chi connectivity index (χ1) is 11.7. The third-order valence-corrected chi connectivity index (χ3v) is 4.62. The molecular formula is C18H28ClN3O3. The summed E-state index contributed by atoms with van der Waals surface area (Å²) in [5.41, 5.74) is 0.752. The fourth-order valence-electron chi connectivity index (χ4n) is 3.26. The second-order valence-electron chi connectivity index (χ2n) is 6.43. The molecule has 0 saturated carbocycles. The summed E-state index contributed by atoms with van der Waals surface area (Å²) in [4.78, 5) is 14.6. The number of likely N-dealkylation sites (N-methyl/N-ethyl adjacent to an activating group) is 1. The van der Waals surface area contributed by atoms with E-state index in [9.17, 15) is 4.79 Å². The monoisotopic (exact) mass is 369 g/mol. The number of ether oxygens (including phenoxy) is 2. The molecule has 1 saturated heterocycles. The fraction of sp³-hybridized carbons (Fsp3) is 0.611. The van der Waals surface area contributed by atoms with Crippen molar-refractivity contribution in [1.82, 2.24) is 10.2 Å². The molecule has 0 bridgehead atoms. The minimum atomic E-state index is 0. The normalized spacial score (nSPS) is 17.0. The zero-order chi connectivity index (χ0) is 16.8. The predicted octanol–water partition coefficient (Wildman–Crippen LogP) is 2.14. The summed E-state index contributed by atoms with van der Waals surface area (Å²) >= 11 is 0. The van der Waals surface area contributed by atoms with Gasteiger partial charge >= 0.3 is 0 Å². The van der Waals surface area contributed by atoms with Gasteiger partial charge in [-0.2, -0.15) is 0 Å². The molecule has 1 aromatic rings. The first-order valence-electron chi connectivity index (χ1n) is 8.87. The molecule has 1 amide bonds. The van der Waals surface area contributed by atoms with Gasteiger partial charge in [0.15, 0.2) is 11.5 Å². The molecule has 0 aliphatic carbocycles. The molecule has 2 aliphatic rings. The third kappa shape index (κ3) is 5.76. The van der Waals surface area contributed by atoms with Gasteiger partial charge in [-0.05, 0) is 50.5 Å². The van der Waals surface area contributed by atoms with E-state index in [1.807, 2.05) is 18.2 Å². The van der Waals surface area contributed by atoms with Gasteiger partial charge in [0, 0.05) is 18.3 Å². The average molecular weight is 370 g/mol. The largest absolute Gasteiger partial charge is 0.486 e. The average Bonchev–Trinajstić information content (AvgIpc) is 2.62. The molecule has 1 aromatic carbocycles. The standard InChI is InChI=1S/C18H27N3O3.ClH/c1-2-21(12-14-5-7-19-8-6-14)13-18(22)20-15-3-4-16-17(11-15)24-10-9-23-16;/h3-4,11,14,19H,2,5-10,12-13H2,1H3,(H,20,22);1H. The van der Waals surface area contributed by atoms with E-state index in [0.29, 0.717) is 31.4 Å². The maximum Gasteiger partial charge on any atom is 0.238 e. The quantitative estimate of drug-likeness (QED) is 0.804. The lowest BCUT2D eigenvalue weighted by molar-refractivity contribution is -0.117. The molecule has 140 valence electrons. The van der Waals surface area contributed by atoms with Gasteiger partial charge in [-0.1, -0.05) is 6.92 Å². The van der Waals surface area contributed by atoms with E-state index < -0.39 is 0 Å². The summed E-state index contributed by atoms with van der Waals surface area (Å²) in [6, 6.07) is 5.53. The molecule has 0 radical (unpaired) electrons. The highest BCUT2D eigenvalue weighted by Gasteiger charge is 2.18. The van der Waals surface area contributed by atoms with Crippen molar-refractivity contribution in [3.8, 4) is 11.5 Å². The second kappa shape index (κ2) is 9.85. The number of carbonyl (C=O) groups excluding carboxylic acids is 1. The number of hydrogen-bond donors (Lipinski definition) is 2. The van der Waals surface area contributed by atoms with Gasteiger partial charge in [0.1, 0.15) is 13.2 Å². The van der Waals surface area contributed by atoms with Gasteiger partial charge in [0.05, 0.1) is 6.54 Å². The summed E-state index contributed by atoms with van der Waals surface area (Å²) in [6.45, 7) is 7.71. The molecule has 0 spiro atoms. The van der Waals surface area contributed by atoms with Crippen LogP contribution in [0.4, 0.5) is 5.69 Å². The Morgan fingerprint density at radius 3 is 2.68 bits per heavy atom. The van der Waals surface area contributed by atoms with E-state index in [2.05, 4.69) is 22.5 Å². The summed E-state index contributed by atoms with van der Waals surface area (Å²) in [7, 11) is 0. The SMILES string of the molecule is CCN(CC(=O)Nc1ccc2c(c1)OCCO2)CC1CCNCC1.Cl. The molecule has 3 rings (SSSR count). The molecule has 2 heterocycles. The Balaban J connectivity index is 0.00000225. The van der Waals surface area contributed by atoms with E-state index in [0.717, 1.165) is 37.6 Å². The topological polar surface area (TPSA) is 62.8 Å². The van der Waals surface area contributed by atoms with Crippen molar-refractivity contribution < 1.29 is 14.3 Å². The molecule has 2 N–H and O–H groups in total. The van der Waals surface area contributed by atoms with Crippen molar-refractivity contribution >= 4 is 24.0 Å². The number of nitrogens with zero attached hydrogens (tertiary/aromatic N) is 1. The van der Waals surface area contributed by atoms with Gasteiger partial charge in [-0.25, -0.2) is 0 Å². The van der Waals surface area contributed by atoms with Crippen LogP contribution in [0, 0.1) is 5.92 Å². The smallest absolute Gasteiger partial charge is 0.238 e. The summed E-state index contributed by atoms with van der Waals surface area (Å²) in [6.07, 6.45) is 2.39. The van der Waals surface area contributed by atoms with E-state index in [-0.39, 0.29) is 18.3 Å². The van der Waals surface area contributed by atoms with Crippen molar-refractivity contribution in [2.24, 2.45) is 5.92 Å². The Labute approximate surface area is 155 Å². The van der Waals surface area contributed by atoms with Crippen LogP contribution in [0.25, 0.3) is 0 Å². The number of carbonyl (C=O) groups is 1. The highest BCUT2D eigenvalue weighted by molar-refractivity contribution is 5.92. The number of amides is 1. The number of hydrogen-bond acceptors (Lipinski definition) is 5. The minimum absolute atomic E-state index is 0. The first-order valence-corrected chi connectivity index (χ1v) is 8.87. The van der Waals surface area contributed by atoms with Crippen LogP contribution in [0.3, 0.4) is 0 Å². The second-order valence-corrected chi connectivity index (χ2v) is 6.43. The number of fused-ring (bicyclic) bond motifs is 1. The van der Waals surface area contributed by atoms with Crippen LogP contribution >= 0.6 is 12.4 Å². The zero-order valence-corrected chi connectivity index (χ0v) is 15.6. The van der Waals surface area contributed by atoms with E-state index in [1.165, 1.54) is 12.8 Å². The Morgan fingerprint density at radius 1 is 1.24 bits per heavy atom. The molecular weight excluding hydrogens is 342 g/mol. The van der Waals surface area contributed by atoms with Gasteiger partial charge in [0.25, 0.3) is 0 Å². The lowest BCUT2D eigenvalue weighted by Gasteiger charge is -2.29. The number of halogens is 1. The predicted molar refractivity (Wildman–Crippen MR) is 101 cm³/mol. The minimum Gasteiger partial charge on any atom is -0.486 e. The first kappa shape index (κ1) is 19.8. The number of benzene rings is 1. The molecule has 0 unspecified atom stereocenters. The number of nitrogens with one attached hydrogen (secondary N) is 2. The Kier molecular flexibility index (Phi) is 7.81. The van der Waals surface area contributed by atoms with Crippen molar-refractivity contribution in [1.29, 1.82) is 0 Å². The van der Waals surface area contributed by atoms with Gasteiger partial charge < -0.3 is 20.1 Å². The maximum absolute atomic E-state index is 12.4.